The fourth-order valence-electron chi connectivity index (χ4n) is 4.12. The number of aryl methyl sites for hydroxylation is 1. The number of alkyl halides is 3. The number of benzene rings is 1. The molecule has 0 radical (unpaired) electrons. The topological polar surface area (TPSA) is 93.2 Å². The molecule has 1 saturated heterocycles. The molecular weight excluding hydrogens is 439 g/mol. The molecule has 0 bridgehead atoms. The van der Waals surface area contributed by atoms with E-state index in [0.717, 1.165) is 5.56 Å². The van der Waals surface area contributed by atoms with E-state index >= 15 is 0 Å². The molecule has 1 aromatic carbocycles. The summed E-state index contributed by atoms with van der Waals surface area (Å²) in [5.74, 6) is -0.270. The molecule has 0 aliphatic carbocycles. The summed E-state index contributed by atoms with van der Waals surface area (Å²) >= 11 is 0. The monoisotopic (exact) mass is 459 g/mol. The van der Waals surface area contributed by atoms with Gasteiger partial charge in [-0.1, -0.05) is 12.1 Å². The standard InChI is InChI=1S/C22H20F3N5O3/c1-28-18-10-15(11-26)12-27-19(18)30(21(32)20(28)31)16-6-8-29(9-7-16)13-14-2-4-17(5-3-14)33-22(23,24)25/h2-5,10,12,16H,6-9,13H2,1H3. The number of piperidine rings is 1. The molecule has 3 aromatic rings. The van der Waals surface area contributed by atoms with E-state index in [-0.39, 0.29) is 11.8 Å². The summed E-state index contributed by atoms with van der Waals surface area (Å²) in [7, 11) is 1.48. The Morgan fingerprint density at radius 2 is 1.82 bits per heavy atom. The van der Waals surface area contributed by atoms with Crippen molar-refractivity contribution in [3.63, 3.8) is 0 Å². The van der Waals surface area contributed by atoms with Crippen LogP contribution in [0, 0.1) is 11.3 Å². The number of ether oxygens (including phenoxy) is 1. The van der Waals surface area contributed by atoms with Crippen LogP contribution >= 0.6 is 0 Å². The van der Waals surface area contributed by atoms with Crippen LogP contribution in [-0.2, 0) is 13.6 Å². The van der Waals surface area contributed by atoms with Crippen molar-refractivity contribution in [3.8, 4) is 11.8 Å². The largest absolute Gasteiger partial charge is 0.573 e. The molecule has 2 aromatic heterocycles. The van der Waals surface area contributed by atoms with Gasteiger partial charge in [0.15, 0.2) is 5.65 Å². The summed E-state index contributed by atoms with van der Waals surface area (Å²) in [5.41, 5.74) is 0.583. The molecule has 33 heavy (non-hydrogen) atoms. The number of aromatic nitrogens is 3. The van der Waals surface area contributed by atoms with Gasteiger partial charge in [0.1, 0.15) is 11.8 Å². The molecule has 1 aliphatic heterocycles. The van der Waals surface area contributed by atoms with Gasteiger partial charge in [0.25, 0.3) is 0 Å². The first-order valence-electron chi connectivity index (χ1n) is 10.2. The van der Waals surface area contributed by atoms with Gasteiger partial charge in [0, 0.05) is 38.9 Å². The molecular formula is C22H20F3N5O3. The number of hydrogen-bond donors (Lipinski definition) is 0. The van der Waals surface area contributed by atoms with Crippen molar-refractivity contribution in [2.75, 3.05) is 13.1 Å². The van der Waals surface area contributed by atoms with Gasteiger partial charge in [-0.3, -0.25) is 19.1 Å². The smallest absolute Gasteiger partial charge is 0.406 e. The minimum atomic E-state index is -4.73. The Kier molecular flexibility index (Phi) is 5.95. The molecule has 11 heteroatoms. The van der Waals surface area contributed by atoms with Crippen LogP contribution < -0.4 is 15.9 Å². The van der Waals surface area contributed by atoms with Crippen LogP contribution in [-0.4, -0.2) is 38.5 Å². The van der Waals surface area contributed by atoms with E-state index in [1.54, 1.807) is 18.2 Å². The Bertz CT molecular complexity index is 1330. The lowest BCUT2D eigenvalue weighted by Gasteiger charge is -2.33. The number of rotatable bonds is 4. The first kappa shape index (κ1) is 22.5. The number of halogens is 3. The molecule has 4 rings (SSSR count). The van der Waals surface area contributed by atoms with Crippen molar-refractivity contribution < 1.29 is 17.9 Å². The van der Waals surface area contributed by atoms with Gasteiger partial charge >= 0.3 is 17.5 Å². The van der Waals surface area contributed by atoms with Gasteiger partial charge in [-0.05, 0) is 36.6 Å². The molecule has 3 heterocycles. The highest BCUT2D eigenvalue weighted by molar-refractivity contribution is 5.72. The van der Waals surface area contributed by atoms with Crippen LogP contribution in [0.3, 0.4) is 0 Å². The summed E-state index contributed by atoms with van der Waals surface area (Å²) in [6, 6.07) is 9.03. The van der Waals surface area contributed by atoms with E-state index in [1.165, 1.54) is 34.5 Å². The highest BCUT2D eigenvalue weighted by atomic mass is 19.4. The number of fused-ring (bicyclic) bond motifs is 1. The molecule has 0 amide bonds. The van der Waals surface area contributed by atoms with Crippen LogP contribution in [0.25, 0.3) is 11.2 Å². The van der Waals surface area contributed by atoms with Crippen LogP contribution in [0.15, 0.2) is 46.1 Å². The quantitative estimate of drug-likeness (QED) is 0.557. The zero-order valence-electron chi connectivity index (χ0n) is 17.7. The lowest BCUT2D eigenvalue weighted by Crippen LogP contribution is -2.45. The maximum Gasteiger partial charge on any atom is 0.573 e. The van der Waals surface area contributed by atoms with Crippen LogP contribution in [0.1, 0.15) is 30.0 Å². The number of nitriles is 1. The fraction of sp³-hybridized carbons (Fsp3) is 0.364. The minimum absolute atomic E-state index is 0.229. The van der Waals surface area contributed by atoms with Gasteiger partial charge < -0.3 is 9.30 Å². The first-order valence-corrected chi connectivity index (χ1v) is 10.2. The zero-order valence-corrected chi connectivity index (χ0v) is 17.7. The van der Waals surface area contributed by atoms with Crippen molar-refractivity contribution in [2.45, 2.75) is 31.8 Å². The van der Waals surface area contributed by atoms with Gasteiger partial charge in [0.2, 0.25) is 0 Å². The maximum atomic E-state index is 12.8. The third-order valence-corrected chi connectivity index (χ3v) is 5.76. The summed E-state index contributed by atoms with van der Waals surface area (Å²) < 4.78 is 43.5. The molecule has 1 fully saturated rings. The predicted molar refractivity (Wildman–Crippen MR) is 113 cm³/mol. The zero-order chi connectivity index (χ0) is 23.8. The maximum absolute atomic E-state index is 12.8. The van der Waals surface area contributed by atoms with Crippen LogP contribution in [0.4, 0.5) is 13.2 Å². The number of nitrogens with zero attached hydrogens (tertiary/aromatic N) is 5. The highest BCUT2D eigenvalue weighted by Gasteiger charge is 2.31. The summed E-state index contributed by atoms with van der Waals surface area (Å²) in [4.78, 5) is 31.7. The van der Waals surface area contributed by atoms with Crippen molar-refractivity contribution in [1.82, 2.24) is 19.0 Å². The molecule has 0 unspecified atom stereocenters. The highest BCUT2D eigenvalue weighted by Crippen LogP contribution is 2.26. The van der Waals surface area contributed by atoms with Crippen LogP contribution in [0.5, 0.6) is 5.75 Å². The number of hydrogen-bond acceptors (Lipinski definition) is 6. The Balaban J connectivity index is 1.50. The molecule has 0 spiro atoms. The molecule has 0 atom stereocenters. The van der Waals surface area contributed by atoms with Crippen molar-refractivity contribution in [3.05, 3.63) is 68.4 Å². The Labute approximate surface area is 186 Å². The minimum Gasteiger partial charge on any atom is -0.406 e. The van der Waals surface area contributed by atoms with E-state index in [0.29, 0.717) is 49.2 Å². The lowest BCUT2D eigenvalue weighted by atomic mass is 10.0. The average molecular weight is 459 g/mol. The van der Waals surface area contributed by atoms with E-state index in [9.17, 15) is 22.8 Å². The van der Waals surface area contributed by atoms with Gasteiger partial charge in [-0.25, -0.2) is 4.98 Å². The van der Waals surface area contributed by atoms with Gasteiger partial charge in [0.05, 0.1) is 11.1 Å². The van der Waals surface area contributed by atoms with Crippen LogP contribution in [0.2, 0.25) is 0 Å². The molecule has 8 nitrogen and oxygen atoms in total. The third kappa shape index (κ3) is 4.75. The molecule has 172 valence electrons. The summed E-state index contributed by atoms with van der Waals surface area (Å²) in [6.45, 7) is 1.80. The number of pyridine rings is 1. The molecule has 0 N–H and O–H groups in total. The lowest BCUT2D eigenvalue weighted by molar-refractivity contribution is -0.274. The van der Waals surface area contributed by atoms with Gasteiger partial charge in [-0.15, -0.1) is 13.2 Å². The normalized spacial score (nSPS) is 15.5. The van der Waals surface area contributed by atoms with E-state index in [4.69, 9.17) is 5.26 Å². The predicted octanol–water partition coefficient (Wildman–Crippen LogP) is 2.70. The van der Waals surface area contributed by atoms with Crippen molar-refractivity contribution in [2.24, 2.45) is 7.05 Å². The van der Waals surface area contributed by atoms with E-state index in [2.05, 4.69) is 14.6 Å². The second-order valence-corrected chi connectivity index (χ2v) is 7.92. The van der Waals surface area contributed by atoms with E-state index < -0.39 is 17.5 Å². The number of likely N-dealkylation sites (tertiary alicyclic amines) is 1. The summed E-state index contributed by atoms with van der Waals surface area (Å²) in [6.07, 6.45) is -2.16. The third-order valence-electron chi connectivity index (χ3n) is 5.76. The molecule has 1 aliphatic rings. The van der Waals surface area contributed by atoms with E-state index in [1.807, 2.05) is 6.07 Å². The summed E-state index contributed by atoms with van der Waals surface area (Å²) in [5, 5.41) is 9.14. The van der Waals surface area contributed by atoms with Crippen molar-refractivity contribution in [1.29, 1.82) is 5.26 Å². The Hall–Kier alpha value is -3.65. The fourth-order valence-corrected chi connectivity index (χ4v) is 4.12. The van der Waals surface area contributed by atoms with Gasteiger partial charge in [-0.2, -0.15) is 5.26 Å². The SMILES string of the molecule is Cn1c(=O)c(=O)n(C2CCN(Cc3ccc(OC(F)(F)F)cc3)CC2)c2ncc(C#N)cc21. The Morgan fingerprint density at radius 1 is 1.15 bits per heavy atom. The first-order chi connectivity index (χ1) is 15.7. The Morgan fingerprint density at radius 3 is 2.42 bits per heavy atom. The second kappa shape index (κ2) is 8.71. The van der Waals surface area contributed by atoms with Crippen molar-refractivity contribution >= 4 is 11.2 Å². The molecule has 0 saturated carbocycles. The second-order valence-electron chi connectivity index (χ2n) is 7.92. The average Bonchev–Trinajstić information content (AvgIpc) is 2.79.